The Kier molecular flexibility index (Phi) is 3.94. The lowest BCUT2D eigenvalue weighted by atomic mass is 10.1. The van der Waals surface area contributed by atoms with Crippen molar-refractivity contribution in [3.63, 3.8) is 0 Å². The zero-order valence-corrected chi connectivity index (χ0v) is 11.1. The lowest BCUT2D eigenvalue weighted by Crippen LogP contribution is -3.03. The molecule has 1 aliphatic rings. The Morgan fingerprint density at radius 2 is 2.15 bits per heavy atom. The van der Waals surface area contributed by atoms with Crippen molar-refractivity contribution in [3.8, 4) is 0 Å². The van der Waals surface area contributed by atoms with E-state index < -0.39 is 0 Å². The van der Waals surface area contributed by atoms with Gasteiger partial charge in [-0.15, -0.1) is 0 Å². The highest BCUT2D eigenvalue weighted by atomic mass is 127. The van der Waals surface area contributed by atoms with Gasteiger partial charge in [0.2, 0.25) is 0 Å². The standard InChI is InChI=1S/C10H10BrN.HI/c1-12-5-4-8-6-10(11)3-2-9(8)7-12;/h2-6H,7H2,1H3;1H. The van der Waals surface area contributed by atoms with Crippen LogP contribution in [0.3, 0.4) is 0 Å². The molecule has 0 aromatic heterocycles. The maximum atomic E-state index is 3.46. The molecule has 1 aromatic rings. The first-order chi connectivity index (χ1) is 5.75. The molecule has 0 saturated carbocycles. The highest BCUT2D eigenvalue weighted by Crippen LogP contribution is 2.18. The van der Waals surface area contributed by atoms with Crippen LogP contribution in [0.25, 0.3) is 6.08 Å². The van der Waals surface area contributed by atoms with Gasteiger partial charge in [-0.25, -0.2) is 0 Å². The van der Waals surface area contributed by atoms with Crippen molar-refractivity contribution in [3.05, 3.63) is 40.0 Å². The molecule has 13 heavy (non-hydrogen) atoms. The van der Waals surface area contributed by atoms with Gasteiger partial charge in [-0.2, -0.15) is 0 Å². The highest BCUT2D eigenvalue weighted by molar-refractivity contribution is 9.10. The fourth-order valence-corrected chi connectivity index (χ4v) is 1.85. The molecular weight excluding hydrogens is 341 g/mol. The molecule has 0 spiro atoms. The summed E-state index contributed by atoms with van der Waals surface area (Å²) in [7, 11) is 2.17. The predicted molar refractivity (Wildman–Crippen MR) is 53.8 cm³/mol. The Balaban J connectivity index is 0.000000845. The Morgan fingerprint density at radius 3 is 2.92 bits per heavy atom. The Bertz CT molecular complexity index is 336. The van der Waals surface area contributed by atoms with Gasteiger partial charge in [0.1, 0.15) is 6.54 Å². The molecule has 0 radical (unpaired) electrons. The summed E-state index contributed by atoms with van der Waals surface area (Å²) in [5.41, 5.74) is 2.77. The van der Waals surface area contributed by atoms with Crippen LogP contribution in [0, 0.1) is 0 Å². The van der Waals surface area contributed by atoms with Gasteiger partial charge < -0.3 is 28.9 Å². The monoisotopic (exact) mass is 351 g/mol. The Morgan fingerprint density at radius 1 is 1.38 bits per heavy atom. The van der Waals surface area contributed by atoms with Gasteiger partial charge in [-0.3, -0.25) is 0 Å². The molecule has 2 rings (SSSR count). The summed E-state index contributed by atoms with van der Waals surface area (Å²) in [5, 5.41) is 0. The SMILES string of the molecule is C[NH+]1C=Cc2cc(Br)ccc2C1.[I-]. The van der Waals surface area contributed by atoms with Crippen molar-refractivity contribution >= 4 is 22.0 Å². The van der Waals surface area contributed by atoms with E-state index in [4.69, 9.17) is 0 Å². The number of hydrogen-bond acceptors (Lipinski definition) is 0. The van der Waals surface area contributed by atoms with Crippen LogP contribution in [0.5, 0.6) is 0 Å². The highest BCUT2D eigenvalue weighted by Gasteiger charge is 2.10. The number of nitrogens with one attached hydrogen (secondary N) is 1. The second kappa shape index (κ2) is 4.57. The molecule has 1 nitrogen and oxygen atoms in total. The Hall–Kier alpha value is 0.130. The van der Waals surface area contributed by atoms with Gasteiger partial charge in [-0.05, 0) is 23.8 Å². The molecule has 1 atom stereocenters. The summed E-state index contributed by atoms with van der Waals surface area (Å²) in [6.45, 7) is 1.10. The summed E-state index contributed by atoms with van der Waals surface area (Å²) in [6, 6.07) is 6.45. The van der Waals surface area contributed by atoms with E-state index in [1.165, 1.54) is 16.0 Å². The maximum Gasteiger partial charge on any atom is 0.107 e. The third kappa shape index (κ3) is 2.54. The molecular formula is C10H11BrIN. The van der Waals surface area contributed by atoms with Crippen molar-refractivity contribution < 1.29 is 28.9 Å². The van der Waals surface area contributed by atoms with Crippen LogP contribution < -0.4 is 28.9 Å². The van der Waals surface area contributed by atoms with Crippen LogP contribution in [0.15, 0.2) is 28.9 Å². The van der Waals surface area contributed by atoms with Gasteiger partial charge in [-0.1, -0.05) is 22.0 Å². The van der Waals surface area contributed by atoms with E-state index in [1.807, 2.05) is 0 Å². The van der Waals surface area contributed by atoms with Crippen LogP contribution in [-0.4, -0.2) is 7.05 Å². The van der Waals surface area contributed by atoms with Crippen LogP contribution in [0.2, 0.25) is 0 Å². The van der Waals surface area contributed by atoms with E-state index >= 15 is 0 Å². The normalized spacial score (nSPS) is 19.1. The van der Waals surface area contributed by atoms with Gasteiger partial charge in [0.25, 0.3) is 0 Å². The minimum Gasteiger partial charge on any atom is -1.00 e. The van der Waals surface area contributed by atoms with Gasteiger partial charge >= 0.3 is 0 Å². The molecule has 1 unspecified atom stereocenters. The molecule has 0 amide bonds. The van der Waals surface area contributed by atoms with Gasteiger partial charge in [0, 0.05) is 10.0 Å². The maximum absolute atomic E-state index is 3.46. The largest absolute Gasteiger partial charge is 1.00 e. The molecule has 1 N–H and O–H groups in total. The van der Waals surface area contributed by atoms with E-state index in [0.717, 1.165) is 11.0 Å². The number of hydrogen-bond donors (Lipinski definition) is 1. The number of quaternary nitrogens is 1. The average Bonchev–Trinajstić information content (AvgIpc) is 2.05. The summed E-state index contributed by atoms with van der Waals surface area (Å²) in [6.07, 6.45) is 4.37. The second-order valence-corrected chi connectivity index (χ2v) is 4.12. The molecule has 1 aromatic carbocycles. The van der Waals surface area contributed by atoms with Gasteiger partial charge in [0.15, 0.2) is 0 Å². The fourth-order valence-electron chi connectivity index (χ4n) is 1.47. The van der Waals surface area contributed by atoms with Crippen molar-refractivity contribution in [1.29, 1.82) is 0 Å². The summed E-state index contributed by atoms with van der Waals surface area (Å²) in [4.78, 5) is 1.44. The molecule has 1 aliphatic heterocycles. The van der Waals surface area contributed by atoms with Crippen LogP contribution in [0.4, 0.5) is 0 Å². The van der Waals surface area contributed by atoms with Gasteiger partial charge in [0.05, 0.1) is 13.2 Å². The third-order valence-electron chi connectivity index (χ3n) is 2.12. The molecule has 3 heteroatoms. The van der Waals surface area contributed by atoms with Crippen molar-refractivity contribution in [2.45, 2.75) is 6.54 Å². The minimum absolute atomic E-state index is 0. The summed E-state index contributed by atoms with van der Waals surface area (Å²) in [5.74, 6) is 0. The van der Waals surface area contributed by atoms with Crippen molar-refractivity contribution in [1.82, 2.24) is 0 Å². The predicted octanol–water partition coefficient (Wildman–Crippen LogP) is -1.55. The number of fused-ring (bicyclic) bond motifs is 1. The average molecular weight is 352 g/mol. The lowest BCUT2D eigenvalue weighted by molar-refractivity contribution is -0.839. The Labute approximate surface area is 104 Å². The smallest absolute Gasteiger partial charge is 0.107 e. The molecule has 1 heterocycles. The zero-order valence-electron chi connectivity index (χ0n) is 7.35. The summed E-state index contributed by atoms with van der Waals surface area (Å²) < 4.78 is 1.16. The molecule has 0 saturated heterocycles. The number of benzene rings is 1. The third-order valence-corrected chi connectivity index (χ3v) is 2.62. The second-order valence-electron chi connectivity index (χ2n) is 3.20. The van der Waals surface area contributed by atoms with E-state index in [0.29, 0.717) is 0 Å². The zero-order chi connectivity index (χ0) is 8.55. The van der Waals surface area contributed by atoms with Crippen LogP contribution >= 0.6 is 15.9 Å². The number of rotatable bonds is 0. The number of halogens is 2. The van der Waals surface area contributed by atoms with Crippen LogP contribution in [0.1, 0.15) is 11.1 Å². The topological polar surface area (TPSA) is 4.44 Å². The fraction of sp³-hybridized carbons (Fsp3) is 0.200. The molecule has 0 aliphatic carbocycles. The molecule has 0 bridgehead atoms. The summed E-state index contributed by atoms with van der Waals surface area (Å²) >= 11 is 3.46. The van der Waals surface area contributed by atoms with Crippen molar-refractivity contribution in [2.24, 2.45) is 0 Å². The van der Waals surface area contributed by atoms with E-state index in [-0.39, 0.29) is 24.0 Å². The first kappa shape index (κ1) is 11.2. The molecule has 70 valence electrons. The minimum atomic E-state index is 0. The van der Waals surface area contributed by atoms with E-state index in [9.17, 15) is 0 Å². The lowest BCUT2D eigenvalue weighted by Gasteiger charge is -2.15. The first-order valence-electron chi connectivity index (χ1n) is 4.04. The van der Waals surface area contributed by atoms with Crippen molar-refractivity contribution in [2.75, 3.05) is 7.05 Å². The van der Waals surface area contributed by atoms with E-state index in [2.05, 4.69) is 53.5 Å². The van der Waals surface area contributed by atoms with Crippen LogP contribution in [-0.2, 0) is 6.54 Å². The quantitative estimate of drug-likeness (QED) is 0.540. The molecule has 0 fully saturated rings. The van der Waals surface area contributed by atoms with E-state index in [1.54, 1.807) is 0 Å². The first-order valence-corrected chi connectivity index (χ1v) is 4.84.